The van der Waals surface area contributed by atoms with E-state index in [0.29, 0.717) is 6.54 Å². The number of nitrogens with zero attached hydrogens (tertiary/aromatic N) is 2. The lowest BCUT2D eigenvalue weighted by atomic mass is 10.2. The first kappa shape index (κ1) is 21.1. The standard InChI is InChI=1S/C17H27ClN4O3S/c1-19-26(24,25)14-5-6-16(18)15(13-14)17(23)20-7-3-4-8-22-11-9-21(2)10-12-22/h5-6,13,19H,3-4,7-12H2,1-2H3,(H,20,23). The highest BCUT2D eigenvalue weighted by molar-refractivity contribution is 7.89. The molecule has 1 fully saturated rings. The molecule has 1 heterocycles. The smallest absolute Gasteiger partial charge is 0.252 e. The molecule has 1 aliphatic rings. The molecule has 0 saturated carbocycles. The Morgan fingerprint density at radius 1 is 1.19 bits per heavy atom. The number of likely N-dealkylation sites (N-methyl/N-ethyl adjacent to an activating group) is 1. The van der Waals surface area contributed by atoms with E-state index < -0.39 is 10.0 Å². The Bertz CT molecular complexity index is 719. The van der Waals surface area contributed by atoms with Crippen molar-refractivity contribution in [2.24, 2.45) is 0 Å². The molecule has 0 atom stereocenters. The summed E-state index contributed by atoms with van der Waals surface area (Å²) >= 11 is 6.05. The van der Waals surface area contributed by atoms with Crippen molar-refractivity contribution in [1.29, 1.82) is 0 Å². The fourth-order valence-corrected chi connectivity index (χ4v) is 3.75. The summed E-state index contributed by atoms with van der Waals surface area (Å²) in [5.41, 5.74) is 0.169. The number of hydrogen-bond acceptors (Lipinski definition) is 5. The van der Waals surface area contributed by atoms with E-state index in [4.69, 9.17) is 11.6 Å². The van der Waals surface area contributed by atoms with Gasteiger partial charge in [-0.1, -0.05) is 11.6 Å². The number of nitrogens with one attached hydrogen (secondary N) is 2. The minimum absolute atomic E-state index is 0.0182. The summed E-state index contributed by atoms with van der Waals surface area (Å²) < 4.78 is 26.0. The van der Waals surface area contributed by atoms with Crippen molar-refractivity contribution in [3.05, 3.63) is 28.8 Å². The number of carbonyl (C=O) groups is 1. The molecule has 9 heteroatoms. The highest BCUT2D eigenvalue weighted by Crippen LogP contribution is 2.20. The molecule has 1 aliphatic heterocycles. The van der Waals surface area contributed by atoms with Gasteiger partial charge >= 0.3 is 0 Å². The molecule has 0 aliphatic carbocycles. The number of benzene rings is 1. The fraction of sp³-hybridized carbons (Fsp3) is 0.588. The number of sulfonamides is 1. The number of unbranched alkanes of at least 4 members (excludes halogenated alkanes) is 1. The Labute approximate surface area is 160 Å². The minimum atomic E-state index is -3.61. The van der Waals surface area contributed by atoms with Crippen molar-refractivity contribution >= 4 is 27.5 Å². The predicted molar refractivity (Wildman–Crippen MR) is 103 cm³/mol. The second-order valence-corrected chi connectivity index (χ2v) is 8.75. The summed E-state index contributed by atoms with van der Waals surface area (Å²) in [5, 5.41) is 3.05. The lowest BCUT2D eigenvalue weighted by Crippen LogP contribution is -2.44. The number of carbonyl (C=O) groups excluding carboxylic acids is 1. The normalized spacial score (nSPS) is 16.6. The molecule has 7 nitrogen and oxygen atoms in total. The topological polar surface area (TPSA) is 81.7 Å². The molecule has 1 aromatic rings. The van der Waals surface area contributed by atoms with Gasteiger partial charge in [0.25, 0.3) is 5.91 Å². The number of amides is 1. The lowest BCUT2D eigenvalue weighted by Gasteiger charge is -2.32. The Balaban J connectivity index is 1.80. The fourth-order valence-electron chi connectivity index (χ4n) is 2.79. The van der Waals surface area contributed by atoms with Crippen LogP contribution in [0.3, 0.4) is 0 Å². The van der Waals surface area contributed by atoms with Gasteiger partial charge in [0, 0.05) is 32.7 Å². The maximum Gasteiger partial charge on any atom is 0.252 e. The van der Waals surface area contributed by atoms with Gasteiger partial charge < -0.3 is 15.1 Å². The summed E-state index contributed by atoms with van der Waals surface area (Å²) in [7, 11) is -0.157. The average Bonchev–Trinajstić information content (AvgIpc) is 2.63. The van der Waals surface area contributed by atoms with Crippen molar-refractivity contribution in [2.75, 3.05) is 53.4 Å². The van der Waals surface area contributed by atoms with Crippen molar-refractivity contribution in [1.82, 2.24) is 19.8 Å². The van der Waals surface area contributed by atoms with Crippen LogP contribution in [-0.4, -0.2) is 77.5 Å². The number of piperazine rings is 1. The SMILES string of the molecule is CNS(=O)(=O)c1ccc(Cl)c(C(=O)NCCCCN2CCN(C)CC2)c1. The Morgan fingerprint density at radius 2 is 1.88 bits per heavy atom. The zero-order chi connectivity index (χ0) is 19.2. The van der Waals surface area contributed by atoms with Crippen LogP contribution < -0.4 is 10.0 Å². The van der Waals surface area contributed by atoms with Crippen LogP contribution in [0.1, 0.15) is 23.2 Å². The molecule has 26 heavy (non-hydrogen) atoms. The van der Waals surface area contributed by atoms with E-state index in [1.54, 1.807) is 0 Å². The molecule has 0 radical (unpaired) electrons. The monoisotopic (exact) mass is 402 g/mol. The maximum absolute atomic E-state index is 12.3. The zero-order valence-electron chi connectivity index (χ0n) is 15.3. The summed E-state index contributed by atoms with van der Waals surface area (Å²) in [5.74, 6) is -0.359. The predicted octanol–water partition coefficient (Wildman–Crippen LogP) is 1.01. The number of rotatable bonds is 8. The van der Waals surface area contributed by atoms with Crippen LogP contribution >= 0.6 is 11.6 Å². The Morgan fingerprint density at radius 3 is 2.54 bits per heavy atom. The lowest BCUT2D eigenvalue weighted by molar-refractivity contribution is 0.0952. The van der Waals surface area contributed by atoms with Crippen LogP contribution in [0.5, 0.6) is 0 Å². The molecule has 0 aromatic heterocycles. The summed E-state index contributed by atoms with van der Waals surface area (Å²) in [6, 6.07) is 4.10. The van der Waals surface area contributed by atoms with Gasteiger partial charge in [-0.05, 0) is 51.7 Å². The molecule has 1 aromatic carbocycles. The van der Waals surface area contributed by atoms with Crippen LogP contribution in [0.2, 0.25) is 5.02 Å². The number of halogens is 1. The van der Waals surface area contributed by atoms with E-state index in [0.717, 1.165) is 45.6 Å². The van der Waals surface area contributed by atoms with E-state index in [9.17, 15) is 13.2 Å². The van der Waals surface area contributed by atoms with Gasteiger partial charge in [0.05, 0.1) is 15.5 Å². The molecule has 0 unspecified atom stereocenters. The maximum atomic E-state index is 12.3. The zero-order valence-corrected chi connectivity index (χ0v) is 16.9. The van der Waals surface area contributed by atoms with Crippen LogP contribution in [0.15, 0.2) is 23.1 Å². The van der Waals surface area contributed by atoms with Crippen molar-refractivity contribution < 1.29 is 13.2 Å². The minimum Gasteiger partial charge on any atom is -0.352 e. The third kappa shape index (κ3) is 5.92. The quantitative estimate of drug-likeness (QED) is 0.634. The van der Waals surface area contributed by atoms with E-state index in [2.05, 4.69) is 26.9 Å². The molecule has 0 spiro atoms. The van der Waals surface area contributed by atoms with Crippen LogP contribution in [0, 0.1) is 0 Å². The molecule has 2 rings (SSSR count). The molecular weight excluding hydrogens is 376 g/mol. The van der Waals surface area contributed by atoms with Gasteiger partial charge in [0.1, 0.15) is 0 Å². The highest BCUT2D eigenvalue weighted by atomic mass is 35.5. The third-order valence-electron chi connectivity index (χ3n) is 4.54. The van der Waals surface area contributed by atoms with E-state index >= 15 is 0 Å². The van der Waals surface area contributed by atoms with Crippen LogP contribution in [0.4, 0.5) is 0 Å². The van der Waals surface area contributed by atoms with Gasteiger partial charge in [-0.2, -0.15) is 0 Å². The van der Waals surface area contributed by atoms with E-state index in [1.165, 1.54) is 25.2 Å². The first-order valence-electron chi connectivity index (χ1n) is 8.75. The second-order valence-electron chi connectivity index (χ2n) is 6.46. The first-order chi connectivity index (χ1) is 12.3. The summed E-state index contributed by atoms with van der Waals surface area (Å²) in [6.45, 7) is 5.94. The Kier molecular flexibility index (Phi) is 7.85. The van der Waals surface area contributed by atoms with E-state index in [1.807, 2.05) is 0 Å². The highest BCUT2D eigenvalue weighted by Gasteiger charge is 2.17. The van der Waals surface area contributed by atoms with Gasteiger partial charge in [0.2, 0.25) is 10.0 Å². The molecule has 146 valence electrons. The molecule has 0 bridgehead atoms. The van der Waals surface area contributed by atoms with Gasteiger partial charge in [0.15, 0.2) is 0 Å². The second kappa shape index (κ2) is 9.66. The Hall–Kier alpha value is -1.19. The molecule has 1 saturated heterocycles. The largest absolute Gasteiger partial charge is 0.352 e. The van der Waals surface area contributed by atoms with Crippen molar-refractivity contribution in [3.8, 4) is 0 Å². The van der Waals surface area contributed by atoms with Crippen LogP contribution in [0.25, 0.3) is 0 Å². The molecule has 2 N–H and O–H groups in total. The molecular formula is C17H27ClN4O3S. The van der Waals surface area contributed by atoms with Gasteiger partial charge in [-0.15, -0.1) is 0 Å². The summed E-state index contributed by atoms with van der Waals surface area (Å²) in [6.07, 6.45) is 1.87. The average molecular weight is 403 g/mol. The summed E-state index contributed by atoms with van der Waals surface area (Å²) in [4.78, 5) is 17.1. The first-order valence-corrected chi connectivity index (χ1v) is 10.6. The van der Waals surface area contributed by atoms with Gasteiger partial charge in [-0.3, -0.25) is 4.79 Å². The van der Waals surface area contributed by atoms with Crippen molar-refractivity contribution in [2.45, 2.75) is 17.7 Å². The van der Waals surface area contributed by atoms with E-state index in [-0.39, 0.29) is 21.4 Å². The van der Waals surface area contributed by atoms with Gasteiger partial charge in [-0.25, -0.2) is 13.1 Å². The number of hydrogen-bond donors (Lipinski definition) is 2. The van der Waals surface area contributed by atoms with Crippen molar-refractivity contribution in [3.63, 3.8) is 0 Å². The third-order valence-corrected chi connectivity index (χ3v) is 6.29. The van der Waals surface area contributed by atoms with Crippen LogP contribution in [-0.2, 0) is 10.0 Å². The molecule has 1 amide bonds.